The number of aliphatic hydroxyl groups is 1. The lowest BCUT2D eigenvalue weighted by atomic mass is 9.97. The summed E-state index contributed by atoms with van der Waals surface area (Å²) in [4.78, 5) is 38.8. The molecule has 0 amide bonds. The molecule has 0 radical (unpaired) electrons. The Morgan fingerprint density at radius 3 is 1.61 bits per heavy atom. The number of aliphatic hydroxyl groups excluding tert-OH is 1. The first-order valence-corrected chi connectivity index (χ1v) is 21.8. The number of ether oxygens (including phenoxy) is 8. The van der Waals surface area contributed by atoms with Gasteiger partial charge in [-0.3, -0.25) is 4.79 Å². The van der Waals surface area contributed by atoms with Crippen molar-refractivity contribution in [3.05, 3.63) is 94.1 Å². The first-order valence-electron chi connectivity index (χ1n) is 21.8. The lowest BCUT2D eigenvalue weighted by molar-refractivity contribution is -0.152. The maximum absolute atomic E-state index is 13.0. The first-order chi connectivity index (χ1) is 29.2. The number of esters is 2. The van der Waals surface area contributed by atoms with E-state index in [4.69, 9.17) is 37.9 Å². The fraction of sp³-hybridized carbons (Fsp3) is 0.540. The van der Waals surface area contributed by atoms with Gasteiger partial charge in [0, 0.05) is 11.8 Å². The molecule has 1 N–H and O–H groups in total. The second kappa shape index (κ2) is 20.7. The van der Waals surface area contributed by atoms with E-state index in [1.807, 2.05) is 124 Å². The molecule has 4 aliphatic rings. The molecule has 338 valence electrons. The molecule has 2 aromatic rings. The third kappa shape index (κ3) is 12.3. The van der Waals surface area contributed by atoms with Crippen LogP contribution in [0.1, 0.15) is 125 Å². The van der Waals surface area contributed by atoms with Crippen molar-refractivity contribution in [1.82, 2.24) is 0 Å². The molecule has 1 unspecified atom stereocenters. The molecule has 0 aliphatic carbocycles. The van der Waals surface area contributed by atoms with Gasteiger partial charge in [0.15, 0.2) is 17.4 Å². The van der Waals surface area contributed by atoms with Crippen molar-refractivity contribution in [2.75, 3.05) is 13.2 Å². The number of rotatable bonds is 4. The standard InChI is InChI=1S/C25H34O6.C25H32O6/c2*1-7-28-19-13-16(3)22-18(14-19)9-8-10-21-23(31-25(5,6)30-21)20(26)12-11-15(2)17(4)29-24(22)27/h8-9,11-15,17,20-21,23,26H,7,10H2,1-6H3;8-9,11-15,17,21,23H,7,10H2,1-6H3/b2*9-8+,12-11-/t15-,17+,20?,21+,23-;15-,17+,21+,23-/m11/s1. The average Bonchev–Trinajstić information content (AvgIpc) is 3.68. The van der Waals surface area contributed by atoms with E-state index in [2.05, 4.69) is 0 Å². The van der Waals surface area contributed by atoms with Crippen molar-refractivity contribution in [2.24, 2.45) is 11.8 Å². The number of benzene rings is 2. The molecule has 2 saturated heterocycles. The van der Waals surface area contributed by atoms with Crippen LogP contribution in [-0.2, 0) is 33.2 Å². The van der Waals surface area contributed by atoms with Gasteiger partial charge < -0.3 is 43.0 Å². The first kappa shape index (κ1) is 48.4. The SMILES string of the molecule is CCOc1cc(C)c2c(c1)/C=C/C[C@@H]1OC(C)(C)O[C@@H]1C(=O)/C=C\[C@@H](C)[C@H](C)OC2=O.CCOc1cc(C)c2c(c1)/C=C/C[C@@H]1OC(C)(C)O[C@@H]1C(O)/C=C\[C@@H](C)[C@H](C)OC2=O. The Balaban J connectivity index is 0.000000234. The summed E-state index contributed by atoms with van der Waals surface area (Å²) in [6.45, 7) is 23.5. The molecule has 0 aromatic heterocycles. The van der Waals surface area contributed by atoms with E-state index in [0.717, 1.165) is 16.7 Å². The smallest absolute Gasteiger partial charge is 0.339 e. The molecule has 62 heavy (non-hydrogen) atoms. The number of carbonyl (C=O) groups is 3. The van der Waals surface area contributed by atoms with Crippen molar-refractivity contribution in [1.29, 1.82) is 0 Å². The predicted octanol–water partition coefficient (Wildman–Crippen LogP) is 9.07. The Labute approximate surface area is 367 Å². The Morgan fingerprint density at radius 1 is 0.629 bits per heavy atom. The van der Waals surface area contributed by atoms with Gasteiger partial charge in [0.2, 0.25) is 0 Å². The van der Waals surface area contributed by atoms with E-state index < -0.39 is 48.1 Å². The molecule has 6 rings (SSSR count). The van der Waals surface area contributed by atoms with E-state index >= 15 is 0 Å². The third-order valence-corrected chi connectivity index (χ3v) is 11.3. The van der Waals surface area contributed by atoms with Crippen LogP contribution in [0.3, 0.4) is 0 Å². The second-order valence-electron chi connectivity index (χ2n) is 17.4. The van der Waals surface area contributed by atoms with Crippen LogP contribution in [0.15, 0.2) is 60.7 Å². The third-order valence-electron chi connectivity index (χ3n) is 11.3. The zero-order valence-electron chi connectivity index (χ0n) is 38.4. The summed E-state index contributed by atoms with van der Waals surface area (Å²) in [6.07, 6.45) is 11.9. The topological polar surface area (TPSA) is 145 Å². The number of aryl methyl sites for hydroxylation is 2. The quantitative estimate of drug-likeness (QED) is 0.231. The molecule has 0 bridgehead atoms. The van der Waals surface area contributed by atoms with Gasteiger partial charge in [0.25, 0.3) is 0 Å². The van der Waals surface area contributed by atoms with Gasteiger partial charge in [-0.05, 0) is 135 Å². The largest absolute Gasteiger partial charge is 0.494 e. The summed E-state index contributed by atoms with van der Waals surface area (Å²) >= 11 is 0. The monoisotopic (exact) mass is 858 g/mol. The predicted molar refractivity (Wildman–Crippen MR) is 237 cm³/mol. The number of ketones is 1. The molecule has 2 fully saturated rings. The van der Waals surface area contributed by atoms with Crippen LogP contribution in [0.5, 0.6) is 11.5 Å². The Morgan fingerprint density at radius 2 is 1.10 bits per heavy atom. The van der Waals surface area contributed by atoms with Crippen LogP contribution in [0.25, 0.3) is 12.2 Å². The lowest BCUT2D eigenvalue weighted by Crippen LogP contribution is -2.34. The maximum atomic E-state index is 13.0. The highest BCUT2D eigenvalue weighted by molar-refractivity contribution is 5.97. The van der Waals surface area contributed by atoms with Gasteiger partial charge in [0.05, 0.1) is 36.5 Å². The van der Waals surface area contributed by atoms with Gasteiger partial charge >= 0.3 is 11.9 Å². The van der Waals surface area contributed by atoms with Gasteiger partial charge in [-0.15, -0.1) is 0 Å². The Bertz CT molecular complexity index is 2040. The average molecular weight is 859 g/mol. The molecule has 0 saturated carbocycles. The van der Waals surface area contributed by atoms with Crippen LogP contribution in [-0.4, -0.2) is 90.3 Å². The maximum Gasteiger partial charge on any atom is 0.339 e. The van der Waals surface area contributed by atoms with Crippen LogP contribution in [0, 0.1) is 25.7 Å². The van der Waals surface area contributed by atoms with Crippen molar-refractivity contribution >= 4 is 29.9 Å². The van der Waals surface area contributed by atoms with Gasteiger partial charge in [-0.1, -0.05) is 56.4 Å². The molecule has 12 nitrogen and oxygen atoms in total. The van der Waals surface area contributed by atoms with Crippen LogP contribution in [0.2, 0.25) is 0 Å². The normalized spacial score (nSPS) is 31.7. The van der Waals surface area contributed by atoms with E-state index in [1.165, 1.54) is 6.08 Å². The summed E-state index contributed by atoms with van der Waals surface area (Å²) < 4.78 is 46.7. The van der Waals surface area contributed by atoms with Crippen LogP contribution < -0.4 is 9.47 Å². The fourth-order valence-corrected chi connectivity index (χ4v) is 7.85. The van der Waals surface area contributed by atoms with Gasteiger partial charge in [-0.25, -0.2) is 9.59 Å². The second-order valence-corrected chi connectivity index (χ2v) is 17.4. The van der Waals surface area contributed by atoms with E-state index in [0.29, 0.717) is 54.2 Å². The molecular weight excluding hydrogens is 793 g/mol. The number of hydrogen-bond donors (Lipinski definition) is 1. The molecular formula is C50H66O12. The fourth-order valence-electron chi connectivity index (χ4n) is 7.85. The summed E-state index contributed by atoms with van der Waals surface area (Å²) in [6, 6.07) is 7.39. The minimum atomic E-state index is -0.838. The highest BCUT2D eigenvalue weighted by Crippen LogP contribution is 2.35. The zero-order valence-corrected chi connectivity index (χ0v) is 38.4. The summed E-state index contributed by atoms with van der Waals surface area (Å²) in [7, 11) is 0. The Hall–Kier alpha value is -4.59. The minimum absolute atomic E-state index is 0.0858. The molecule has 9 atom stereocenters. The lowest BCUT2D eigenvalue weighted by Gasteiger charge is -2.22. The highest BCUT2D eigenvalue weighted by atomic mass is 16.8. The molecule has 0 spiro atoms. The number of cyclic esters (lactones) is 2. The molecule has 4 aliphatic heterocycles. The molecule has 12 heteroatoms. The summed E-state index contributed by atoms with van der Waals surface area (Å²) in [5.41, 5.74) is 4.07. The van der Waals surface area contributed by atoms with Crippen LogP contribution >= 0.6 is 0 Å². The highest BCUT2D eigenvalue weighted by Gasteiger charge is 2.45. The van der Waals surface area contributed by atoms with Gasteiger partial charge in [-0.2, -0.15) is 0 Å². The number of hydrogen-bond acceptors (Lipinski definition) is 12. The molecule has 4 heterocycles. The molecule has 2 aromatic carbocycles. The number of fused-ring (bicyclic) bond motifs is 4. The van der Waals surface area contributed by atoms with Crippen LogP contribution in [0.4, 0.5) is 0 Å². The minimum Gasteiger partial charge on any atom is -0.494 e. The zero-order chi connectivity index (χ0) is 45.5. The van der Waals surface area contributed by atoms with E-state index in [1.54, 1.807) is 26.0 Å². The summed E-state index contributed by atoms with van der Waals surface area (Å²) in [5.74, 6) is -1.37. The van der Waals surface area contributed by atoms with Crippen molar-refractivity contribution < 1.29 is 57.4 Å². The van der Waals surface area contributed by atoms with Gasteiger partial charge in [0.1, 0.15) is 42.0 Å². The van der Waals surface area contributed by atoms with E-state index in [9.17, 15) is 19.5 Å². The summed E-state index contributed by atoms with van der Waals surface area (Å²) in [5, 5.41) is 10.7. The van der Waals surface area contributed by atoms with Crippen molar-refractivity contribution in [2.45, 2.75) is 150 Å². The Kier molecular flexibility index (Phi) is 16.2. The number of carbonyl (C=O) groups excluding carboxylic acids is 3. The van der Waals surface area contributed by atoms with Crippen molar-refractivity contribution in [3.63, 3.8) is 0 Å². The van der Waals surface area contributed by atoms with E-state index in [-0.39, 0.29) is 35.8 Å². The van der Waals surface area contributed by atoms with Crippen molar-refractivity contribution in [3.8, 4) is 11.5 Å².